The zero-order valence-corrected chi connectivity index (χ0v) is 16.7. The lowest BCUT2D eigenvalue weighted by Crippen LogP contribution is -2.43. The second-order valence-electron chi connectivity index (χ2n) is 7.41. The van der Waals surface area contributed by atoms with E-state index in [2.05, 4.69) is 15.4 Å². The number of piperidine rings is 1. The summed E-state index contributed by atoms with van der Waals surface area (Å²) in [4.78, 5) is 30.4. The molecule has 4 rings (SSSR count). The van der Waals surface area contributed by atoms with E-state index in [1.165, 1.54) is 11.2 Å². The van der Waals surface area contributed by atoms with E-state index >= 15 is 0 Å². The van der Waals surface area contributed by atoms with Crippen LogP contribution in [0.4, 0.5) is 8.78 Å². The smallest absolute Gasteiger partial charge is 0.256 e. The standard InChI is InChI=1S/C22H21F2N5O2/c23-17-3-6-19(20(24)11-17)22(31)28-9-7-16(8-10-28)21(30)26-12-15-1-4-18(5-2-15)29-14-25-13-27-29/h1-6,11,13-14,16H,7-10,12H2,(H,26,30). The Morgan fingerprint density at radius 3 is 2.45 bits per heavy atom. The van der Waals surface area contributed by atoms with Crippen molar-refractivity contribution in [2.75, 3.05) is 13.1 Å². The molecule has 0 aliphatic carbocycles. The molecular formula is C22H21F2N5O2. The highest BCUT2D eigenvalue weighted by Gasteiger charge is 2.28. The fourth-order valence-corrected chi connectivity index (χ4v) is 3.62. The van der Waals surface area contributed by atoms with E-state index in [1.807, 2.05) is 24.3 Å². The van der Waals surface area contributed by atoms with Crippen LogP contribution in [0.25, 0.3) is 5.69 Å². The summed E-state index contributed by atoms with van der Waals surface area (Å²) in [5.74, 6) is -2.36. The van der Waals surface area contributed by atoms with Gasteiger partial charge >= 0.3 is 0 Å². The van der Waals surface area contributed by atoms with Gasteiger partial charge in [0.25, 0.3) is 5.91 Å². The number of hydrogen-bond donors (Lipinski definition) is 1. The average molecular weight is 425 g/mol. The number of carbonyl (C=O) groups excluding carboxylic acids is 2. The second kappa shape index (κ2) is 9.03. The molecule has 0 atom stereocenters. The van der Waals surface area contributed by atoms with Crippen LogP contribution in [0.5, 0.6) is 0 Å². The molecule has 0 saturated carbocycles. The van der Waals surface area contributed by atoms with Crippen molar-refractivity contribution < 1.29 is 18.4 Å². The quantitative estimate of drug-likeness (QED) is 0.682. The summed E-state index contributed by atoms with van der Waals surface area (Å²) in [6.07, 6.45) is 4.05. The summed E-state index contributed by atoms with van der Waals surface area (Å²) >= 11 is 0. The summed E-state index contributed by atoms with van der Waals surface area (Å²) in [5.41, 5.74) is 1.68. The summed E-state index contributed by atoms with van der Waals surface area (Å²) in [5, 5.41) is 7.00. The molecule has 9 heteroatoms. The molecule has 160 valence electrons. The maximum atomic E-state index is 13.9. The van der Waals surface area contributed by atoms with Gasteiger partial charge in [-0.15, -0.1) is 0 Å². The molecule has 1 aromatic heterocycles. The van der Waals surface area contributed by atoms with E-state index in [0.717, 1.165) is 23.4 Å². The molecule has 7 nitrogen and oxygen atoms in total. The highest BCUT2D eigenvalue weighted by Crippen LogP contribution is 2.21. The summed E-state index contributed by atoms with van der Waals surface area (Å²) in [6.45, 7) is 1.09. The molecule has 31 heavy (non-hydrogen) atoms. The third-order valence-electron chi connectivity index (χ3n) is 5.40. The van der Waals surface area contributed by atoms with Gasteiger partial charge in [-0.05, 0) is 42.7 Å². The minimum Gasteiger partial charge on any atom is -0.352 e. The first-order chi connectivity index (χ1) is 15.0. The lowest BCUT2D eigenvalue weighted by molar-refractivity contribution is -0.126. The average Bonchev–Trinajstić information content (AvgIpc) is 3.32. The number of carbonyl (C=O) groups is 2. The predicted octanol–water partition coefficient (Wildman–Crippen LogP) is 2.71. The topological polar surface area (TPSA) is 80.1 Å². The zero-order valence-electron chi connectivity index (χ0n) is 16.7. The van der Waals surface area contributed by atoms with Crippen molar-refractivity contribution in [2.45, 2.75) is 19.4 Å². The molecule has 2 aromatic carbocycles. The van der Waals surface area contributed by atoms with Crippen molar-refractivity contribution in [2.24, 2.45) is 5.92 Å². The van der Waals surface area contributed by atoms with E-state index in [4.69, 9.17) is 0 Å². The number of benzene rings is 2. The Bertz CT molecular complexity index is 1060. The molecule has 0 unspecified atom stereocenters. The second-order valence-corrected chi connectivity index (χ2v) is 7.41. The Balaban J connectivity index is 1.27. The first kappa shape index (κ1) is 20.6. The summed E-state index contributed by atoms with van der Waals surface area (Å²) < 4.78 is 28.6. The fraction of sp³-hybridized carbons (Fsp3) is 0.273. The fourth-order valence-electron chi connectivity index (χ4n) is 3.62. The maximum Gasteiger partial charge on any atom is 0.256 e. The molecule has 2 heterocycles. The largest absolute Gasteiger partial charge is 0.352 e. The van der Waals surface area contributed by atoms with Crippen molar-refractivity contribution in [3.63, 3.8) is 0 Å². The Morgan fingerprint density at radius 1 is 1.06 bits per heavy atom. The van der Waals surface area contributed by atoms with Crippen molar-refractivity contribution in [1.82, 2.24) is 25.0 Å². The number of nitrogens with one attached hydrogen (secondary N) is 1. The molecule has 1 aliphatic heterocycles. The predicted molar refractivity (Wildman–Crippen MR) is 108 cm³/mol. The van der Waals surface area contributed by atoms with Gasteiger partial charge in [0.05, 0.1) is 11.3 Å². The van der Waals surface area contributed by atoms with E-state index in [9.17, 15) is 18.4 Å². The third kappa shape index (κ3) is 4.76. The molecular weight excluding hydrogens is 404 g/mol. The van der Waals surface area contributed by atoms with Crippen LogP contribution in [0.3, 0.4) is 0 Å². The maximum absolute atomic E-state index is 13.9. The number of rotatable bonds is 5. The van der Waals surface area contributed by atoms with E-state index in [1.54, 1.807) is 11.0 Å². The zero-order chi connectivity index (χ0) is 21.8. The SMILES string of the molecule is O=C(NCc1ccc(-n2cncn2)cc1)C1CCN(C(=O)c2ccc(F)cc2F)CC1. The van der Waals surface area contributed by atoms with Crippen molar-refractivity contribution in [3.8, 4) is 5.69 Å². The highest BCUT2D eigenvalue weighted by molar-refractivity contribution is 5.94. The molecule has 0 bridgehead atoms. The monoisotopic (exact) mass is 425 g/mol. The van der Waals surface area contributed by atoms with E-state index in [0.29, 0.717) is 38.5 Å². The molecule has 2 amide bonds. The highest BCUT2D eigenvalue weighted by atomic mass is 19.1. The normalized spacial score (nSPS) is 14.5. The van der Waals surface area contributed by atoms with Crippen LogP contribution in [0, 0.1) is 17.6 Å². The molecule has 1 aliphatic rings. The number of halogens is 2. The van der Waals surface area contributed by atoms with Crippen LogP contribution in [0.1, 0.15) is 28.8 Å². The van der Waals surface area contributed by atoms with Gasteiger partial charge in [-0.1, -0.05) is 12.1 Å². The number of amides is 2. The van der Waals surface area contributed by atoms with Crippen LogP contribution in [-0.2, 0) is 11.3 Å². The Kier molecular flexibility index (Phi) is 6.01. The number of aromatic nitrogens is 3. The van der Waals surface area contributed by atoms with E-state index < -0.39 is 17.5 Å². The third-order valence-corrected chi connectivity index (χ3v) is 5.40. The lowest BCUT2D eigenvalue weighted by Gasteiger charge is -2.31. The molecule has 0 spiro atoms. The number of hydrogen-bond acceptors (Lipinski definition) is 4. The first-order valence-electron chi connectivity index (χ1n) is 9.97. The Labute approximate surface area is 177 Å². The Morgan fingerprint density at radius 2 is 1.81 bits per heavy atom. The first-order valence-corrected chi connectivity index (χ1v) is 9.97. The van der Waals surface area contributed by atoms with Gasteiger partial charge in [-0.25, -0.2) is 18.4 Å². The molecule has 1 fully saturated rings. The van der Waals surface area contributed by atoms with Crippen LogP contribution in [-0.4, -0.2) is 44.6 Å². The number of likely N-dealkylation sites (tertiary alicyclic amines) is 1. The minimum atomic E-state index is -0.875. The van der Waals surface area contributed by atoms with Crippen LogP contribution >= 0.6 is 0 Å². The Hall–Kier alpha value is -3.62. The molecule has 1 N–H and O–H groups in total. The molecule has 0 radical (unpaired) electrons. The van der Waals surface area contributed by atoms with Crippen LogP contribution < -0.4 is 5.32 Å². The van der Waals surface area contributed by atoms with Crippen molar-refractivity contribution >= 4 is 11.8 Å². The van der Waals surface area contributed by atoms with Gasteiger partial charge < -0.3 is 10.2 Å². The van der Waals surface area contributed by atoms with Gasteiger partial charge in [0, 0.05) is 31.6 Å². The number of nitrogens with zero attached hydrogens (tertiary/aromatic N) is 4. The molecule has 1 saturated heterocycles. The van der Waals surface area contributed by atoms with Gasteiger partial charge in [-0.3, -0.25) is 9.59 Å². The van der Waals surface area contributed by atoms with Gasteiger partial charge in [-0.2, -0.15) is 5.10 Å². The van der Waals surface area contributed by atoms with Crippen molar-refractivity contribution in [3.05, 3.63) is 77.9 Å². The van der Waals surface area contributed by atoms with Gasteiger partial charge in [0.15, 0.2) is 0 Å². The van der Waals surface area contributed by atoms with Crippen molar-refractivity contribution in [1.29, 1.82) is 0 Å². The van der Waals surface area contributed by atoms with Gasteiger partial charge in [0.1, 0.15) is 24.3 Å². The van der Waals surface area contributed by atoms with Gasteiger partial charge in [0.2, 0.25) is 5.91 Å². The summed E-state index contributed by atoms with van der Waals surface area (Å²) in [7, 11) is 0. The lowest BCUT2D eigenvalue weighted by atomic mass is 9.95. The van der Waals surface area contributed by atoms with Crippen LogP contribution in [0.2, 0.25) is 0 Å². The van der Waals surface area contributed by atoms with Crippen LogP contribution in [0.15, 0.2) is 55.1 Å². The minimum absolute atomic E-state index is 0.0691. The van der Waals surface area contributed by atoms with E-state index in [-0.39, 0.29) is 17.4 Å². The summed E-state index contributed by atoms with van der Waals surface area (Å²) in [6, 6.07) is 10.5. The molecule has 3 aromatic rings.